The number of carboxylic acid groups (broad SMARTS) is 1. The van der Waals surface area contributed by atoms with Crippen LogP contribution in [0.25, 0.3) is 0 Å². The summed E-state index contributed by atoms with van der Waals surface area (Å²) in [5.74, 6) is -0.399. The Bertz CT molecular complexity index is 576. The molecule has 0 aromatic heterocycles. The van der Waals surface area contributed by atoms with Crippen molar-refractivity contribution in [1.82, 2.24) is 0 Å². The number of benzene rings is 1. The number of hydrogen-bond acceptors (Lipinski definition) is 4. The zero-order valence-electron chi connectivity index (χ0n) is 11.7. The second-order valence-electron chi connectivity index (χ2n) is 5.38. The standard InChI is InChI=1S/C14H17BrN2O4/c1-9-6-13(11(15)7-12(9)17(20)21)16-5-4-10(8-16)2-3-14(18)19/h6-7,10H,2-5,8H2,1H3,(H,18,19). The molecular weight excluding hydrogens is 340 g/mol. The molecular formula is C14H17BrN2O4. The third-order valence-electron chi connectivity index (χ3n) is 3.86. The Balaban J connectivity index is 2.11. The van der Waals surface area contributed by atoms with Gasteiger partial charge in [-0.15, -0.1) is 0 Å². The molecule has 0 bridgehead atoms. The number of anilines is 1. The topological polar surface area (TPSA) is 83.7 Å². The first-order valence-corrected chi connectivity index (χ1v) is 7.59. The van der Waals surface area contributed by atoms with Crippen LogP contribution in [0, 0.1) is 23.0 Å². The molecule has 1 fully saturated rings. The van der Waals surface area contributed by atoms with Gasteiger partial charge in [0.25, 0.3) is 5.69 Å². The summed E-state index contributed by atoms with van der Waals surface area (Å²) in [5.41, 5.74) is 1.68. The molecule has 2 rings (SSSR count). The van der Waals surface area contributed by atoms with Crippen LogP contribution in [0.15, 0.2) is 16.6 Å². The maximum absolute atomic E-state index is 10.9. The van der Waals surface area contributed by atoms with Gasteiger partial charge in [-0.2, -0.15) is 0 Å². The lowest BCUT2D eigenvalue weighted by Gasteiger charge is -2.21. The van der Waals surface area contributed by atoms with Crippen LogP contribution < -0.4 is 4.90 Å². The number of nitro groups is 1. The average Bonchev–Trinajstić information content (AvgIpc) is 2.87. The summed E-state index contributed by atoms with van der Waals surface area (Å²) in [4.78, 5) is 23.3. The van der Waals surface area contributed by atoms with E-state index in [1.807, 2.05) is 6.07 Å². The molecule has 1 aromatic carbocycles. The number of carbonyl (C=O) groups is 1. The van der Waals surface area contributed by atoms with Crippen LogP contribution in [0.2, 0.25) is 0 Å². The fourth-order valence-corrected chi connectivity index (χ4v) is 3.29. The summed E-state index contributed by atoms with van der Waals surface area (Å²) in [5, 5.41) is 19.7. The molecule has 0 radical (unpaired) electrons. The second-order valence-corrected chi connectivity index (χ2v) is 6.23. The molecule has 1 unspecified atom stereocenters. The zero-order valence-corrected chi connectivity index (χ0v) is 13.3. The van der Waals surface area contributed by atoms with E-state index in [1.54, 1.807) is 6.92 Å². The van der Waals surface area contributed by atoms with E-state index in [9.17, 15) is 14.9 Å². The van der Waals surface area contributed by atoms with Crippen molar-refractivity contribution in [2.45, 2.75) is 26.2 Å². The van der Waals surface area contributed by atoms with Gasteiger partial charge in [-0.1, -0.05) is 0 Å². The van der Waals surface area contributed by atoms with Gasteiger partial charge in [-0.05, 0) is 47.7 Å². The minimum Gasteiger partial charge on any atom is -0.481 e. The van der Waals surface area contributed by atoms with Crippen LogP contribution in [0.3, 0.4) is 0 Å². The lowest BCUT2D eigenvalue weighted by Crippen LogP contribution is -2.20. The maximum Gasteiger partial charge on any atom is 0.303 e. The van der Waals surface area contributed by atoms with Crippen LogP contribution >= 0.6 is 15.9 Å². The molecule has 0 amide bonds. The molecule has 1 atom stereocenters. The van der Waals surface area contributed by atoms with Crippen molar-refractivity contribution in [1.29, 1.82) is 0 Å². The van der Waals surface area contributed by atoms with Gasteiger partial charge in [0.2, 0.25) is 0 Å². The first-order valence-electron chi connectivity index (χ1n) is 6.79. The number of halogens is 1. The predicted molar refractivity (Wildman–Crippen MR) is 82.7 cm³/mol. The van der Waals surface area contributed by atoms with Crippen molar-refractivity contribution in [3.63, 3.8) is 0 Å². The summed E-state index contributed by atoms with van der Waals surface area (Å²) in [6, 6.07) is 3.36. The molecule has 1 aliphatic heterocycles. The van der Waals surface area contributed by atoms with Gasteiger partial charge in [-0.3, -0.25) is 14.9 Å². The van der Waals surface area contributed by atoms with Crippen LogP contribution in [0.4, 0.5) is 11.4 Å². The first kappa shape index (κ1) is 15.8. The van der Waals surface area contributed by atoms with E-state index in [4.69, 9.17) is 5.11 Å². The van der Waals surface area contributed by atoms with Gasteiger partial charge in [-0.25, -0.2) is 0 Å². The Kier molecular flexibility index (Phi) is 4.82. The summed E-state index contributed by atoms with van der Waals surface area (Å²) in [6.07, 6.45) is 1.82. The Morgan fingerprint density at radius 3 is 2.90 bits per heavy atom. The maximum atomic E-state index is 10.9. The Morgan fingerprint density at radius 2 is 2.29 bits per heavy atom. The molecule has 1 aromatic rings. The number of nitro benzene ring substituents is 1. The van der Waals surface area contributed by atoms with Crippen LogP contribution in [-0.2, 0) is 4.79 Å². The smallest absolute Gasteiger partial charge is 0.303 e. The molecule has 7 heteroatoms. The molecule has 114 valence electrons. The first-order chi connectivity index (χ1) is 9.88. The lowest BCUT2D eigenvalue weighted by molar-refractivity contribution is -0.385. The third kappa shape index (κ3) is 3.72. The normalized spacial score (nSPS) is 18.0. The molecule has 0 aliphatic carbocycles. The molecule has 1 N–H and O–H groups in total. The van der Waals surface area contributed by atoms with E-state index in [-0.39, 0.29) is 17.0 Å². The quantitative estimate of drug-likeness (QED) is 0.645. The van der Waals surface area contributed by atoms with E-state index in [2.05, 4.69) is 20.8 Å². The van der Waals surface area contributed by atoms with E-state index in [0.29, 0.717) is 22.4 Å². The van der Waals surface area contributed by atoms with Crippen LogP contribution in [0.1, 0.15) is 24.8 Å². The average molecular weight is 357 g/mol. The number of nitrogens with zero attached hydrogens (tertiary/aromatic N) is 2. The van der Waals surface area contributed by atoms with Crippen LogP contribution in [0.5, 0.6) is 0 Å². The van der Waals surface area contributed by atoms with Gasteiger partial charge < -0.3 is 10.0 Å². The molecule has 1 aliphatic rings. The van der Waals surface area contributed by atoms with Gasteiger partial charge >= 0.3 is 5.97 Å². The minimum atomic E-state index is -0.763. The van der Waals surface area contributed by atoms with Crippen molar-refractivity contribution in [3.8, 4) is 0 Å². The number of aryl methyl sites for hydroxylation is 1. The van der Waals surface area contributed by atoms with Gasteiger partial charge in [0.15, 0.2) is 0 Å². The zero-order chi connectivity index (χ0) is 15.6. The highest BCUT2D eigenvalue weighted by Gasteiger charge is 2.26. The largest absolute Gasteiger partial charge is 0.481 e. The van der Waals surface area contributed by atoms with Gasteiger partial charge in [0.1, 0.15) is 0 Å². The van der Waals surface area contributed by atoms with Crippen molar-refractivity contribution in [2.24, 2.45) is 5.92 Å². The highest BCUT2D eigenvalue weighted by molar-refractivity contribution is 9.10. The summed E-state index contributed by atoms with van der Waals surface area (Å²) < 4.78 is 0.707. The highest BCUT2D eigenvalue weighted by atomic mass is 79.9. The third-order valence-corrected chi connectivity index (χ3v) is 4.49. The van der Waals surface area contributed by atoms with Gasteiger partial charge in [0, 0.05) is 35.6 Å². The van der Waals surface area contributed by atoms with E-state index >= 15 is 0 Å². The fourth-order valence-electron chi connectivity index (χ4n) is 2.71. The molecule has 0 saturated carbocycles. The second kappa shape index (κ2) is 6.43. The van der Waals surface area contributed by atoms with E-state index in [1.165, 1.54) is 6.07 Å². The summed E-state index contributed by atoms with van der Waals surface area (Å²) in [7, 11) is 0. The Morgan fingerprint density at radius 1 is 1.57 bits per heavy atom. The van der Waals surface area contributed by atoms with Crippen molar-refractivity contribution < 1.29 is 14.8 Å². The lowest BCUT2D eigenvalue weighted by atomic mass is 10.0. The fraction of sp³-hybridized carbons (Fsp3) is 0.500. The minimum absolute atomic E-state index is 0.104. The number of rotatable bonds is 5. The van der Waals surface area contributed by atoms with Crippen LogP contribution in [-0.4, -0.2) is 29.1 Å². The molecule has 6 nitrogen and oxygen atoms in total. The van der Waals surface area contributed by atoms with Crippen molar-refractivity contribution >= 4 is 33.3 Å². The Labute approximate surface area is 131 Å². The summed E-state index contributed by atoms with van der Waals surface area (Å²) >= 11 is 3.40. The van der Waals surface area contributed by atoms with Crippen molar-refractivity contribution in [2.75, 3.05) is 18.0 Å². The SMILES string of the molecule is Cc1cc(N2CCC(CCC(=O)O)C2)c(Br)cc1[N+](=O)[O-]. The molecule has 1 saturated heterocycles. The molecule has 0 spiro atoms. The van der Waals surface area contributed by atoms with Crippen molar-refractivity contribution in [3.05, 3.63) is 32.3 Å². The highest BCUT2D eigenvalue weighted by Crippen LogP contribution is 2.36. The predicted octanol–water partition coefficient (Wildman–Crippen LogP) is 3.36. The van der Waals surface area contributed by atoms with E-state index < -0.39 is 5.97 Å². The van der Waals surface area contributed by atoms with Gasteiger partial charge in [0.05, 0.1) is 10.6 Å². The number of carboxylic acids is 1. The Hall–Kier alpha value is -1.63. The summed E-state index contributed by atoms with van der Waals surface area (Å²) in [6.45, 7) is 3.37. The number of aliphatic carboxylic acids is 1. The number of hydrogen-bond donors (Lipinski definition) is 1. The molecule has 21 heavy (non-hydrogen) atoms. The monoisotopic (exact) mass is 356 g/mol. The van der Waals surface area contributed by atoms with E-state index in [0.717, 1.165) is 25.2 Å². The molecule has 1 heterocycles.